The molecule has 0 bridgehead atoms. The third-order valence-corrected chi connectivity index (χ3v) is 6.63. The zero-order valence-electron chi connectivity index (χ0n) is 21.2. The first-order valence-electron chi connectivity index (χ1n) is 12.4. The van der Waals surface area contributed by atoms with Gasteiger partial charge >= 0.3 is 5.97 Å². The highest BCUT2D eigenvalue weighted by atomic mass is 32.1. The highest BCUT2D eigenvalue weighted by Crippen LogP contribution is 2.37. The van der Waals surface area contributed by atoms with Crippen LogP contribution in [0, 0.1) is 0 Å². The van der Waals surface area contributed by atoms with Gasteiger partial charge < -0.3 is 24.8 Å². The van der Waals surface area contributed by atoms with Crippen molar-refractivity contribution in [2.75, 3.05) is 13.7 Å². The molecule has 1 atom stereocenters. The fraction of sp³-hybridized carbons (Fsp3) is 0.161. The van der Waals surface area contributed by atoms with Crippen LogP contribution in [0.15, 0.2) is 96.6 Å². The molecule has 2 N–H and O–H groups in total. The molecule has 0 fully saturated rings. The number of hydrogen-bond acceptors (Lipinski definition) is 5. The Kier molecular flexibility index (Phi) is 7.56. The van der Waals surface area contributed by atoms with Crippen LogP contribution in [-0.4, -0.2) is 24.8 Å². The van der Waals surface area contributed by atoms with E-state index in [1.165, 1.54) is 0 Å². The average Bonchev–Trinajstić information content (AvgIpc) is 2.96. The first-order valence-corrected chi connectivity index (χ1v) is 12.8. The van der Waals surface area contributed by atoms with Crippen molar-refractivity contribution in [3.8, 4) is 11.5 Å². The molecule has 38 heavy (non-hydrogen) atoms. The molecule has 0 unspecified atom stereocenters. The molecule has 1 heterocycles. The molecule has 1 aliphatic rings. The number of thiocarbonyl (C=S) groups is 1. The molecule has 4 aromatic carbocycles. The van der Waals surface area contributed by atoms with Crippen LogP contribution in [0.25, 0.3) is 16.5 Å². The topological polar surface area (TPSA) is 68.8 Å². The van der Waals surface area contributed by atoms with Crippen molar-refractivity contribution in [3.63, 3.8) is 0 Å². The third kappa shape index (κ3) is 5.19. The second-order valence-corrected chi connectivity index (χ2v) is 9.15. The number of fused-ring (bicyclic) bond motifs is 1. The van der Waals surface area contributed by atoms with Crippen LogP contribution >= 0.6 is 12.2 Å². The lowest BCUT2D eigenvalue weighted by molar-refractivity contribution is -0.138. The molecule has 0 amide bonds. The van der Waals surface area contributed by atoms with Crippen LogP contribution in [0.3, 0.4) is 0 Å². The van der Waals surface area contributed by atoms with E-state index < -0.39 is 12.0 Å². The lowest BCUT2D eigenvalue weighted by atomic mass is 9.92. The highest BCUT2D eigenvalue weighted by molar-refractivity contribution is 7.80. The summed E-state index contributed by atoms with van der Waals surface area (Å²) in [5.41, 5.74) is 3.77. The summed E-state index contributed by atoms with van der Waals surface area (Å²) >= 11 is 5.52. The predicted molar refractivity (Wildman–Crippen MR) is 153 cm³/mol. The van der Waals surface area contributed by atoms with Gasteiger partial charge in [0.2, 0.25) is 0 Å². The molecule has 6 nitrogen and oxygen atoms in total. The van der Waals surface area contributed by atoms with E-state index in [0.29, 0.717) is 34.5 Å². The lowest BCUT2D eigenvalue weighted by Crippen LogP contribution is -2.45. The zero-order chi connectivity index (χ0) is 26.5. The smallest absolute Gasteiger partial charge is 0.338 e. The molecule has 0 radical (unpaired) electrons. The van der Waals surface area contributed by atoms with Gasteiger partial charge in [-0.1, -0.05) is 78.9 Å². The Labute approximate surface area is 227 Å². The van der Waals surface area contributed by atoms with Gasteiger partial charge in [0.15, 0.2) is 16.6 Å². The summed E-state index contributed by atoms with van der Waals surface area (Å²) in [5.74, 6) is 0.734. The normalized spacial score (nSPS) is 15.0. The summed E-state index contributed by atoms with van der Waals surface area (Å²) in [7, 11) is 1.60. The van der Waals surface area contributed by atoms with Crippen LogP contribution in [0.4, 0.5) is 0 Å². The minimum atomic E-state index is -0.543. The van der Waals surface area contributed by atoms with Crippen molar-refractivity contribution in [2.24, 2.45) is 0 Å². The Morgan fingerprint density at radius 1 is 0.921 bits per heavy atom. The maximum atomic E-state index is 13.2. The number of hydrogen-bond donors (Lipinski definition) is 2. The van der Waals surface area contributed by atoms with Crippen molar-refractivity contribution in [1.29, 1.82) is 0 Å². The van der Waals surface area contributed by atoms with Gasteiger partial charge in [-0.2, -0.15) is 0 Å². The van der Waals surface area contributed by atoms with E-state index in [9.17, 15) is 4.79 Å². The molecular formula is C31H28N2O4S. The SMILES string of the molecule is CCOC(=O)C1=C(c2ccccc2)NC(=S)N[C@H]1c1ccc(OCc2cccc3ccccc23)c(OC)c1. The molecule has 7 heteroatoms. The van der Waals surface area contributed by atoms with Crippen molar-refractivity contribution in [2.45, 2.75) is 19.6 Å². The van der Waals surface area contributed by atoms with E-state index >= 15 is 0 Å². The lowest BCUT2D eigenvalue weighted by Gasteiger charge is -2.31. The number of carbonyl (C=O) groups is 1. The highest BCUT2D eigenvalue weighted by Gasteiger charge is 2.33. The number of methoxy groups -OCH3 is 1. The van der Waals surface area contributed by atoms with Gasteiger partial charge in [-0.25, -0.2) is 4.79 Å². The fourth-order valence-electron chi connectivity index (χ4n) is 4.63. The third-order valence-electron chi connectivity index (χ3n) is 6.41. The number of ether oxygens (including phenoxy) is 3. The Bertz CT molecular complexity index is 1510. The van der Waals surface area contributed by atoms with Crippen molar-refractivity contribution >= 4 is 39.8 Å². The Morgan fingerprint density at radius 3 is 2.47 bits per heavy atom. The van der Waals surface area contributed by atoms with Crippen LogP contribution in [-0.2, 0) is 16.1 Å². The fourth-order valence-corrected chi connectivity index (χ4v) is 4.85. The summed E-state index contributed by atoms with van der Waals surface area (Å²) < 4.78 is 17.3. The minimum Gasteiger partial charge on any atom is -0.493 e. The summed E-state index contributed by atoms with van der Waals surface area (Å²) in [4.78, 5) is 13.2. The number of nitrogens with one attached hydrogen (secondary N) is 2. The van der Waals surface area contributed by atoms with Gasteiger partial charge in [0.25, 0.3) is 0 Å². The zero-order valence-corrected chi connectivity index (χ0v) is 22.0. The largest absolute Gasteiger partial charge is 0.493 e. The van der Waals surface area contributed by atoms with E-state index in [0.717, 1.165) is 27.5 Å². The van der Waals surface area contributed by atoms with Gasteiger partial charge in [0.1, 0.15) is 6.61 Å². The number of benzene rings is 4. The quantitative estimate of drug-likeness (QED) is 0.219. The summed E-state index contributed by atoms with van der Waals surface area (Å²) in [5, 5.41) is 9.12. The number of esters is 1. The van der Waals surface area contributed by atoms with Crippen LogP contribution in [0.5, 0.6) is 11.5 Å². The molecule has 0 aliphatic carbocycles. The van der Waals surface area contributed by atoms with Crippen molar-refractivity contribution in [3.05, 3.63) is 113 Å². The van der Waals surface area contributed by atoms with Gasteiger partial charge in [-0.3, -0.25) is 0 Å². The van der Waals surface area contributed by atoms with Gasteiger partial charge in [0, 0.05) is 0 Å². The van der Waals surface area contributed by atoms with E-state index in [-0.39, 0.29) is 6.61 Å². The summed E-state index contributed by atoms with van der Waals surface area (Å²) in [6, 6.07) is 29.1. The maximum Gasteiger partial charge on any atom is 0.338 e. The second kappa shape index (κ2) is 11.4. The standard InChI is InChI=1S/C31H28N2O4S/c1-3-36-30(34)27-28(21-11-5-4-6-12-21)32-31(38)33-29(27)22-16-17-25(26(18-22)35-2)37-19-23-14-9-13-20-10-7-8-15-24(20)23/h4-18,29H,3,19H2,1-2H3,(H2,32,33,38)/t29-/m0/s1. The second-order valence-electron chi connectivity index (χ2n) is 8.74. The van der Waals surface area contributed by atoms with E-state index in [2.05, 4.69) is 34.9 Å². The average molecular weight is 525 g/mol. The van der Waals surface area contributed by atoms with E-state index in [4.69, 9.17) is 26.4 Å². The van der Waals surface area contributed by atoms with Gasteiger partial charge in [-0.15, -0.1) is 0 Å². The maximum absolute atomic E-state index is 13.2. The van der Waals surface area contributed by atoms with Gasteiger partial charge in [0.05, 0.1) is 31.0 Å². The first kappa shape index (κ1) is 25.3. The van der Waals surface area contributed by atoms with Crippen molar-refractivity contribution in [1.82, 2.24) is 10.6 Å². The minimum absolute atomic E-state index is 0.256. The molecule has 4 aromatic rings. The molecule has 0 spiro atoms. The number of carbonyl (C=O) groups excluding carboxylic acids is 1. The summed E-state index contributed by atoms with van der Waals surface area (Å²) in [6.45, 7) is 2.43. The predicted octanol–water partition coefficient (Wildman–Crippen LogP) is 5.92. The Hall–Kier alpha value is -4.36. The Balaban J connectivity index is 1.49. The summed E-state index contributed by atoms with van der Waals surface area (Å²) in [6.07, 6.45) is 0. The van der Waals surface area contributed by atoms with Crippen molar-refractivity contribution < 1.29 is 19.0 Å². The molecular weight excluding hydrogens is 496 g/mol. The molecule has 0 saturated carbocycles. The molecule has 0 saturated heterocycles. The Morgan fingerprint density at radius 2 is 1.68 bits per heavy atom. The first-order chi connectivity index (χ1) is 18.6. The van der Waals surface area contributed by atoms with E-state index in [1.807, 2.05) is 66.7 Å². The molecule has 0 aromatic heterocycles. The number of rotatable bonds is 8. The molecule has 192 valence electrons. The molecule has 1 aliphatic heterocycles. The van der Waals surface area contributed by atoms with Crippen LogP contribution < -0.4 is 20.1 Å². The van der Waals surface area contributed by atoms with Crippen LogP contribution in [0.2, 0.25) is 0 Å². The monoisotopic (exact) mass is 524 g/mol. The van der Waals surface area contributed by atoms with E-state index in [1.54, 1.807) is 14.0 Å². The van der Waals surface area contributed by atoms with Gasteiger partial charge in [-0.05, 0) is 58.7 Å². The van der Waals surface area contributed by atoms with Crippen LogP contribution in [0.1, 0.15) is 29.7 Å². The molecule has 5 rings (SSSR count).